The highest BCUT2D eigenvalue weighted by Gasteiger charge is 2.13. The summed E-state index contributed by atoms with van der Waals surface area (Å²) in [5.41, 5.74) is 2.76. The quantitative estimate of drug-likeness (QED) is 0.326. The molecule has 0 aromatic heterocycles. The molecule has 0 aliphatic rings. The highest BCUT2D eigenvalue weighted by Crippen LogP contribution is 2.29. The van der Waals surface area contributed by atoms with Gasteiger partial charge in [-0.05, 0) is 17.5 Å². The van der Waals surface area contributed by atoms with Crippen molar-refractivity contribution >= 4 is 0 Å². The average molecular weight is 336 g/mol. The van der Waals surface area contributed by atoms with Crippen LogP contribution in [0.25, 0.3) is 0 Å². The number of hydrogen-bond donors (Lipinski definition) is 0. The van der Waals surface area contributed by atoms with E-state index in [1.165, 1.54) is 87.7 Å². The molecule has 0 heterocycles. The maximum absolute atomic E-state index is 2.29. The van der Waals surface area contributed by atoms with E-state index >= 15 is 0 Å². The minimum atomic E-state index is 1.19. The van der Waals surface area contributed by atoms with Crippen LogP contribution in [0, 0.1) is 5.92 Å². The summed E-state index contributed by atoms with van der Waals surface area (Å²) in [6, 6.07) is 21.8. The predicted octanol–water partition coefficient (Wildman–Crippen LogP) is 7.97. The highest BCUT2D eigenvalue weighted by molar-refractivity contribution is 5.45. The van der Waals surface area contributed by atoms with E-state index in [-0.39, 0.29) is 0 Å². The lowest BCUT2D eigenvalue weighted by Crippen LogP contribution is -2.02. The monoisotopic (exact) mass is 335 g/mol. The Hall–Kier alpha value is -1.56. The zero-order valence-electron chi connectivity index (χ0n) is 16.1. The van der Waals surface area contributed by atoms with E-state index in [0.717, 1.165) is 0 Å². The van der Waals surface area contributed by atoms with Crippen LogP contribution in [-0.4, -0.2) is 0 Å². The molecule has 1 radical (unpaired) electrons. The molecule has 0 saturated carbocycles. The van der Waals surface area contributed by atoms with Crippen LogP contribution in [0.2, 0.25) is 0 Å². The number of rotatable bonds is 13. The van der Waals surface area contributed by atoms with Crippen molar-refractivity contribution in [2.75, 3.05) is 0 Å². The van der Waals surface area contributed by atoms with Gasteiger partial charge in [0.1, 0.15) is 0 Å². The topological polar surface area (TPSA) is 0 Å². The molecule has 0 aliphatic heterocycles. The maximum Gasteiger partial charge on any atom is 0.0340 e. The fraction of sp³-hybridized carbons (Fsp3) is 0.480. The standard InChI is InChI=1S/C25H35/c1-2-3-4-5-6-7-8-9-10-17-22-25(23-18-13-11-14-19-23)24-20-15-12-16-21-24/h11-16,18-21H,2-10,17,22H2,1H3. The molecule has 0 N–H and O–H groups in total. The lowest BCUT2D eigenvalue weighted by atomic mass is 9.87. The van der Waals surface area contributed by atoms with Gasteiger partial charge in [-0.25, -0.2) is 0 Å². The van der Waals surface area contributed by atoms with Gasteiger partial charge in [0.25, 0.3) is 0 Å². The molecule has 0 fully saturated rings. The molecule has 0 heteroatoms. The van der Waals surface area contributed by atoms with Gasteiger partial charge in [-0.15, -0.1) is 0 Å². The van der Waals surface area contributed by atoms with Gasteiger partial charge in [-0.1, -0.05) is 132 Å². The van der Waals surface area contributed by atoms with Gasteiger partial charge in [0.05, 0.1) is 0 Å². The second kappa shape index (κ2) is 12.8. The number of hydrogen-bond acceptors (Lipinski definition) is 0. The van der Waals surface area contributed by atoms with Gasteiger partial charge in [0.15, 0.2) is 0 Å². The van der Waals surface area contributed by atoms with E-state index in [4.69, 9.17) is 0 Å². The van der Waals surface area contributed by atoms with Crippen LogP contribution in [0.3, 0.4) is 0 Å². The van der Waals surface area contributed by atoms with Crippen LogP contribution in [0.5, 0.6) is 0 Å². The van der Waals surface area contributed by atoms with Crippen molar-refractivity contribution in [3.63, 3.8) is 0 Å². The molecule has 25 heavy (non-hydrogen) atoms. The first-order chi connectivity index (χ1) is 12.4. The lowest BCUT2D eigenvalue weighted by molar-refractivity contribution is 0.553. The van der Waals surface area contributed by atoms with E-state index in [1.54, 1.807) is 0 Å². The summed E-state index contributed by atoms with van der Waals surface area (Å²) in [4.78, 5) is 0. The molecule has 0 atom stereocenters. The van der Waals surface area contributed by atoms with Crippen LogP contribution in [0.1, 0.15) is 88.7 Å². The summed E-state index contributed by atoms with van der Waals surface area (Å²) in [5, 5.41) is 0. The maximum atomic E-state index is 2.29. The molecule has 135 valence electrons. The largest absolute Gasteiger partial charge is 0.0654 e. The lowest BCUT2D eigenvalue weighted by Gasteiger charge is -2.17. The second-order valence-electron chi connectivity index (χ2n) is 7.14. The summed E-state index contributed by atoms with van der Waals surface area (Å²) in [5.74, 6) is 1.50. The predicted molar refractivity (Wildman–Crippen MR) is 111 cm³/mol. The van der Waals surface area contributed by atoms with Crippen molar-refractivity contribution < 1.29 is 0 Å². The van der Waals surface area contributed by atoms with Crippen molar-refractivity contribution in [2.24, 2.45) is 0 Å². The summed E-state index contributed by atoms with van der Waals surface area (Å²) >= 11 is 0. The fourth-order valence-corrected chi connectivity index (χ4v) is 3.52. The van der Waals surface area contributed by atoms with E-state index < -0.39 is 0 Å². The fourth-order valence-electron chi connectivity index (χ4n) is 3.52. The van der Waals surface area contributed by atoms with Crippen LogP contribution in [0.15, 0.2) is 60.7 Å². The smallest absolute Gasteiger partial charge is 0.0340 e. The minimum absolute atomic E-state index is 1.19. The molecule has 2 rings (SSSR count). The molecule has 0 saturated heterocycles. The molecule has 0 amide bonds. The second-order valence-corrected chi connectivity index (χ2v) is 7.14. The molecular formula is C25H35. The first-order valence-corrected chi connectivity index (χ1v) is 10.4. The van der Waals surface area contributed by atoms with E-state index in [2.05, 4.69) is 67.6 Å². The third kappa shape index (κ3) is 7.90. The summed E-state index contributed by atoms with van der Waals surface area (Å²) in [6.45, 7) is 2.29. The Labute approximate surface area is 155 Å². The van der Waals surface area contributed by atoms with Crippen molar-refractivity contribution in [3.05, 3.63) is 77.7 Å². The molecule has 0 unspecified atom stereocenters. The Morgan fingerprint density at radius 3 is 1.36 bits per heavy atom. The number of benzene rings is 2. The van der Waals surface area contributed by atoms with Gasteiger partial charge in [0, 0.05) is 5.92 Å². The molecule has 2 aromatic carbocycles. The first kappa shape index (κ1) is 19.8. The van der Waals surface area contributed by atoms with Crippen molar-refractivity contribution in [2.45, 2.75) is 77.6 Å². The van der Waals surface area contributed by atoms with Gasteiger partial charge in [0.2, 0.25) is 0 Å². The number of unbranched alkanes of at least 4 members (excludes halogenated alkanes) is 9. The van der Waals surface area contributed by atoms with Crippen molar-refractivity contribution in [1.82, 2.24) is 0 Å². The third-order valence-corrected chi connectivity index (χ3v) is 5.02. The van der Waals surface area contributed by atoms with Gasteiger partial charge in [-0.2, -0.15) is 0 Å². The average Bonchev–Trinajstić information content (AvgIpc) is 2.67. The van der Waals surface area contributed by atoms with Crippen LogP contribution >= 0.6 is 0 Å². The zero-order valence-corrected chi connectivity index (χ0v) is 16.1. The minimum Gasteiger partial charge on any atom is -0.0654 e. The van der Waals surface area contributed by atoms with Crippen LogP contribution in [-0.2, 0) is 0 Å². The Kier molecular flexibility index (Phi) is 10.1. The Balaban J connectivity index is 1.69. The summed E-state index contributed by atoms with van der Waals surface area (Å²) in [7, 11) is 0. The zero-order chi connectivity index (χ0) is 17.6. The van der Waals surface area contributed by atoms with Gasteiger partial charge in [-0.3, -0.25) is 0 Å². The molecular weight excluding hydrogens is 300 g/mol. The Bertz CT molecular complexity index is 489. The first-order valence-electron chi connectivity index (χ1n) is 10.4. The summed E-state index contributed by atoms with van der Waals surface area (Å²) < 4.78 is 0. The molecule has 0 aliphatic carbocycles. The van der Waals surface area contributed by atoms with Crippen LogP contribution < -0.4 is 0 Å². The van der Waals surface area contributed by atoms with Crippen LogP contribution in [0.4, 0.5) is 0 Å². The van der Waals surface area contributed by atoms with Crippen molar-refractivity contribution in [1.29, 1.82) is 0 Å². The van der Waals surface area contributed by atoms with E-state index in [0.29, 0.717) is 0 Å². The van der Waals surface area contributed by atoms with Gasteiger partial charge < -0.3 is 0 Å². The normalized spacial score (nSPS) is 11.1. The molecule has 2 aromatic rings. The summed E-state index contributed by atoms with van der Waals surface area (Å²) in [6.07, 6.45) is 15.2. The van der Waals surface area contributed by atoms with E-state index in [9.17, 15) is 0 Å². The Morgan fingerprint density at radius 2 is 0.920 bits per heavy atom. The molecule has 0 nitrogen and oxygen atoms in total. The SMILES string of the molecule is CCCCCCCCCCCC[C](c1ccccc1)c1ccccc1. The molecule has 0 spiro atoms. The Morgan fingerprint density at radius 1 is 0.520 bits per heavy atom. The van der Waals surface area contributed by atoms with Gasteiger partial charge >= 0.3 is 0 Å². The van der Waals surface area contributed by atoms with E-state index in [1.807, 2.05) is 0 Å². The molecule has 0 bridgehead atoms. The van der Waals surface area contributed by atoms with Crippen molar-refractivity contribution in [3.8, 4) is 0 Å². The third-order valence-electron chi connectivity index (χ3n) is 5.02. The highest BCUT2D eigenvalue weighted by atomic mass is 14.2.